The number of aromatic nitrogens is 1. The van der Waals surface area contributed by atoms with Crippen LogP contribution in [-0.2, 0) is 11.2 Å². The summed E-state index contributed by atoms with van der Waals surface area (Å²) in [5, 5.41) is 9.35. The van der Waals surface area contributed by atoms with Gasteiger partial charge in [-0.25, -0.2) is 4.39 Å². The number of benzene rings is 1. The van der Waals surface area contributed by atoms with Gasteiger partial charge in [0.1, 0.15) is 11.6 Å². The first kappa shape index (κ1) is 14.0. The molecule has 2 rings (SSSR count). The van der Waals surface area contributed by atoms with Crippen LogP contribution in [0.5, 0.6) is 0 Å². The van der Waals surface area contributed by atoms with Gasteiger partial charge in [0.05, 0.1) is 6.54 Å². The quantitative estimate of drug-likeness (QED) is 0.846. The summed E-state index contributed by atoms with van der Waals surface area (Å²) in [6, 6.07) is 7.94. The van der Waals surface area contributed by atoms with Gasteiger partial charge in [0.2, 0.25) is 5.91 Å². The van der Waals surface area contributed by atoms with E-state index in [1.807, 2.05) is 0 Å². The fraction of sp³-hybridized carbons (Fsp3) is 0.286. The zero-order valence-electron chi connectivity index (χ0n) is 11.1. The van der Waals surface area contributed by atoms with Gasteiger partial charge >= 0.3 is 0 Å². The van der Waals surface area contributed by atoms with Gasteiger partial charge in [-0.2, -0.15) is 0 Å². The van der Waals surface area contributed by atoms with E-state index in [0.717, 1.165) is 5.56 Å². The predicted molar refractivity (Wildman–Crippen MR) is 72.8 cm³/mol. The molecule has 0 atom stereocenters. The lowest BCUT2D eigenvalue weighted by Gasteiger charge is -2.05. The number of nitrogens with one attached hydrogen (secondary N) is 2. The van der Waals surface area contributed by atoms with Gasteiger partial charge in [0.15, 0.2) is 5.82 Å². The van der Waals surface area contributed by atoms with E-state index in [1.165, 1.54) is 12.1 Å². The van der Waals surface area contributed by atoms with Crippen LogP contribution in [0, 0.1) is 12.7 Å². The Balaban J connectivity index is 1.66. The van der Waals surface area contributed by atoms with Crippen LogP contribution in [0.2, 0.25) is 0 Å². The first-order valence-corrected chi connectivity index (χ1v) is 6.32. The Kier molecular flexibility index (Phi) is 4.70. The molecule has 0 spiro atoms. The maximum Gasteiger partial charge on any atom is 0.239 e. The Morgan fingerprint density at radius 3 is 2.75 bits per heavy atom. The molecule has 5 nitrogen and oxygen atoms in total. The maximum absolute atomic E-state index is 12.7. The normalized spacial score (nSPS) is 10.3. The highest BCUT2D eigenvalue weighted by Gasteiger charge is 2.03. The first-order valence-electron chi connectivity index (χ1n) is 6.32. The molecule has 0 radical (unpaired) electrons. The topological polar surface area (TPSA) is 67.2 Å². The van der Waals surface area contributed by atoms with E-state index >= 15 is 0 Å². The fourth-order valence-corrected chi connectivity index (χ4v) is 1.68. The Morgan fingerprint density at radius 1 is 1.35 bits per heavy atom. The van der Waals surface area contributed by atoms with Gasteiger partial charge in [-0.15, -0.1) is 0 Å². The van der Waals surface area contributed by atoms with Crippen LogP contribution in [0.1, 0.15) is 11.3 Å². The average Bonchev–Trinajstić information content (AvgIpc) is 2.85. The molecular formula is C14H16FN3O2. The Bertz CT molecular complexity index is 566. The molecular weight excluding hydrogens is 261 g/mol. The standard InChI is InChI=1S/C14H16FN3O2/c1-10-8-13(18-20-10)17-9-14(19)16-7-6-11-2-4-12(15)5-3-11/h2-5,8H,6-7,9H2,1H3,(H,16,19)(H,17,18). The Hall–Kier alpha value is -2.37. The van der Waals surface area contributed by atoms with Crippen LogP contribution < -0.4 is 10.6 Å². The second kappa shape index (κ2) is 6.70. The van der Waals surface area contributed by atoms with E-state index in [9.17, 15) is 9.18 Å². The van der Waals surface area contributed by atoms with Gasteiger partial charge in [-0.3, -0.25) is 4.79 Å². The zero-order chi connectivity index (χ0) is 14.4. The lowest BCUT2D eigenvalue weighted by atomic mass is 10.1. The van der Waals surface area contributed by atoms with Crippen molar-refractivity contribution in [3.8, 4) is 0 Å². The predicted octanol–water partition coefficient (Wildman–Crippen LogP) is 1.89. The molecule has 106 valence electrons. The number of rotatable bonds is 6. The number of hydrogen-bond donors (Lipinski definition) is 2. The van der Waals surface area contributed by atoms with E-state index < -0.39 is 0 Å². The fourth-order valence-electron chi connectivity index (χ4n) is 1.68. The zero-order valence-corrected chi connectivity index (χ0v) is 11.1. The van der Waals surface area contributed by atoms with Crippen molar-refractivity contribution in [1.29, 1.82) is 0 Å². The highest BCUT2D eigenvalue weighted by Crippen LogP contribution is 2.06. The summed E-state index contributed by atoms with van der Waals surface area (Å²) in [6.45, 7) is 2.42. The van der Waals surface area contributed by atoms with Gasteiger partial charge in [0.25, 0.3) is 0 Å². The molecule has 0 aliphatic carbocycles. The molecule has 1 aromatic heterocycles. The molecule has 2 aromatic rings. The van der Waals surface area contributed by atoms with Crippen molar-refractivity contribution in [2.24, 2.45) is 0 Å². The number of carbonyl (C=O) groups is 1. The summed E-state index contributed by atoms with van der Waals surface area (Å²) in [4.78, 5) is 11.6. The van der Waals surface area contributed by atoms with Crippen LogP contribution in [0.3, 0.4) is 0 Å². The summed E-state index contributed by atoms with van der Waals surface area (Å²) in [5.74, 6) is 0.832. The molecule has 1 heterocycles. The van der Waals surface area contributed by atoms with Crippen LogP contribution in [0.15, 0.2) is 34.9 Å². The second-order valence-corrected chi connectivity index (χ2v) is 4.40. The van der Waals surface area contributed by atoms with Gasteiger partial charge in [-0.1, -0.05) is 17.3 Å². The molecule has 2 N–H and O–H groups in total. The van der Waals surface area contributed by atoms with Crippen molar-refractivity contribution in [3.63, 3.8) is 0 Å². The highest BCUT2D eigenvalue weighted by atomic mass is 19.1. The SMILES string of the molecule is Cc1cc(NCC(=O)NCCc2ccc(F)cc2)no1. The van der Waals surface area contributed by atoms with E-state index in [2.05, 4.69) is 15.8 Å². The summed E-state index contributed by atoms with van der Waals surface area (Å²) in [7, 11) is 0. The number of nitrogens with zero attached hydrogens (tertiary/aromatic N) is 1. The molecule has 0 saturated heterocycles. The molecule has 6 heteroatoms. The average molecular weight is 277 g/mol. The third-order valence-electron chi connectivity index (χ3n) is 2.71. The number of amides is 1. The van der Waals surface area contributed by atoms with E-state index in [1.54, 1.807) is 25.1 Å². The lowest BCUT2D eigenvalue weighted by molar-refractivity contribution is -0.119. The number of anilines is 1. The summed E-state index contributed by atoms with van der Waals surface area (Å²) < 4.78 is 17.6. The van der Waals surface area contributed by atoms with Crippen molar-refractivity contribution in [2.45, 2.75) is 13.3 Å². The molecule has 20 heavy (non-hydrogen) atoms. The molecule has 0 saturated carbocycles. The maximum atomic E-state index is 12.7. The van der Waals surface area contributed by atoms with Gasteiger partial charge < -0.3 is 15.2 Å². The number of halogens is 1. The lowest BCUT2D eigenvalue weighted by Crippen LogP contribution is -2.31. The van der Waals surface area contributed by atoms with Crippen LogP contribution in [-0.4, -0.2) is 24.2 Å². The van der Waals surface area contributed by atoms with E-state index in [4.69, 9.17) is 4.52 Å². The molecule has 0 bridgehead atoms. The Labute approximate surface area is 116 Å². The van der Waals surface area contributed by atoms with Crippen molar-refractivity contribution in [3.05, 3.63) is 47.5 Å². The van der Waals surface area contributed by atoms with Crippen LogP contribution in [0.25, 0.3) is 0 Å². The third kappa shape index (κ3) is 4.38. The van der Waals surface area contributed by atoms with Crippen molar-refractivity contribution in [1.82, 2.24) is 10.5 Å². The minimum Gasteiger partial charge on any atom is -0.360 e. The minimum absolute atomic E-state index is 0.132. The summed E-state index contributed by atoms with van der Waals surface area (Å²) in [6.07, 6.45) is 0.662. The van der Waals surface area contributed by atoms with Crippen LogP contribution >= 0.6 is 0 Å². The van der Waals surface area contributed by atoms with E-state index in [-0.39, 0.29) is 18.3 Å². The van der Waals surface area contributed by atoms with Gasteiger partial charge in [0, 0.05) is 12.6 Å². The number of hydrogen-bond acceptors (Lipinski definition) is 4. The monoisotopic (exact) mass is 277 g/mol. The van der Waals surface area contributed by atoms with E-state index in [0.29, 0.717) is 24.5 Å². The van der Waals surface area contributed by atoms with Crippen molar-refractivity contribution < 1.29 is 13.7 Å². The molecule has 1 amide bonds. The molecule has 0 fully saturated rings. The molecule has 0 aliphatic heterocycles. The highest BCUT2D eigenvalue weighted by molar-refractivity contribution is 5.80. The minimum atomic E-state index is -0.259. The van der Waals surface area contributed by atoms with Gasteiger partial charge in [-0.05, 0) is 31.0 Å². The molecule has 0 aliphatic rings. The first-order chi connectivity index (χ1) is 9.63. The second-order valence-electron chi connectivity index (χ2n) is 4.40. The summed E-state index contributed by atoms with van der Waals surface area (Å²) in [5.41, 5.74) is 0.979. The van der Waals surface area contributed by atoms with Crippen LogP contribution in [0.4, 0.5) is 10.2 Å². The molecule has 0 unspecified atom stereocenters. The van der Waals surface area contributed by atoms with Crippen molar-refractivity contribution in [2.75, 3.05) is 18.4 Å². The van der Waals surface area contributed by atoms with Crippen molar-refractivity contribution >= 4 is 11.7 Å². The largest absolute Gasteiger partial charge is 0.360 e. The molecule has 1 aromatic carbocycles. The Morgan fingerprint density at radius 2 is 2.10 bits per heavy atom. The number of aryl methyl sites for hydroxylation is 1. The summed E-state index contributed by atoms with van der Waals surface area (Å²) >= 11 is 0. The third-order valence-corrected chi connectivity index (χ3v) is 2.71. The number of carbonyl (C=O) groups excluding carboxylic acids is 1. The smallest absolute Gasteiger partial charge is 0.239 e.